The van der Waals surface area contributed by atoms with E-state index in [4.69, 9.17) is 0 Å². The summed E-state index contributed by atoms with van der Waals surface area (Å²) in [5.41, 5.74) is 2.39. The van der Waals surface area contributed by atoms with Crippen LogP contribution in [0.15, 0.2) is 35.7 Å². The molecule has 0 saturated heterocycles. The molecule has 0 unspecified atom stereocenters. The van der Waals surface area contributed by atoms with Crippen LogP contribution in [-0.4, -0.2) is 28.4 Å². The van der Waals surface area contributed by atoms with E-state index in [2.05, 4.69) is 34.6 Å². The Kier molecular flexibility index (Phi) is 5.51. The quantitative estimate of drug-likeness (QED) is 0.818. The maximum Gasteiger partial charge on any atom is 0.219 e. The highest BCUT2D eigenvalue weighted by Crippen LogP contribution is 2.15. The average Bonchev–Trinajstić information content (AvgIpc) is 2.87. The summed E-state index contributed by atoms with van der Waals surface area (Å²) in [4.78, 5) is 18.1. The van der Waals surface area contributed by atoms with Crippen LogP contribution < -0.4 is 0 Å². The summed E-state index contributed by atoms with van der Waals surface area (Å²) in [6.45, 7) is 6.46. The number of aromatic nitrogens is 1. The lowest BCUT2D eigenvalue weighted by Gasteiger charge is -2.24. The van der Waals surface area contributed by atoms with Gasteiger partial charge < -0.3 is 4.90 Å². The molecule has 21 heavy (non-hydrogen) atoms. The van der Waals surface area contributed by atoms with Crippen LogP contribution in [-0.2, 0) is 17.6 Å². The predicted molar refractivity (Wildman–Crippen MR) is 87.6 cm³/mol. The van der Waals surface area contributed by atoms with Gasteiger partial charge in [-0.05, 0) is 19.4 Å². The molecule has 0 N–H and O–H groups in total. The number of rotatable bonds is 6. The predicted octanol–water partition coefficient (Wildman–Crippen LogP) is 3.53. The Hall–Kier alpha value is -1.68. The van der Waals surface area contributed by atoms with Crippen molar-refractivity contribution in [3.8, 4) is 0 Å². The zero-order chi connectivity index (χ0) is 15.2. The van der Waals surface area contributed by atoms with Gasteiger partial charge in [0.05, 0.1) is 10.7 Å². The zero-order valence-corrected chi connectivity index (χ0v) is 13.7. The Labute approximate surface area is 130 Å². The molecule has 1 aromatic heterocycles. The van der Waals surface area contributed by atoms with Crippen molar-refractivity contribution in [2.45, 2.75) is 39.7 Å². The molecule has 0 aliphatic rings. The third-order valence-corrected chi connectivity index (χ3v) is 4.38. The van der Waals surface area contributed by atoms with Crippen LogP contribution in [0, 0.1) is 0 Å². The van der Waals surface area contributed by atoms with E-state index in [0.717, 1.165) is 30.1 Å². The van der Waals surface area contributed by atoms with E-state index in [1.54, 1.807) is 18.3 Å². The molecule has 1 amide bonds. The maximum absolute atomic E-state index is 11.6. The molecule has 0 bridgehead atoms. The topological polar surface area (TPSA) is 33.2 Å². The van der Waals surface area contributed by atoms with Gasteiger partial charge in [-0.3, -0.25) is 4.79 Å². The number of benzene rings is 1. The molecule has 2 rings (SSSR count). The van der Waals surface area contributed by atoms with Gasteiger partial charge in [-0.1, -0.05) is 30.3 Å². The van der Waals surface area contributed by atoms with Gasteiger partial charge in [-0.2, -0.15) is 0 Å². The van der Waals surface area contributed by atoms with Crippen molar-refractivity contribution >= 4 is 17.2 Å². The molecule has 2 aromatic rings. The number of nitrogens with zero attached hydrogens (tertiary/aromatic N) is 2. The van der Waals surface area contributed by atoms with Gasteiger partial charge >= 0.3 is 0 Å². The van der Waals surface area contributed by atoms with E-state index in [9.17, 15) is 4.79 Å². The Morgan fingerprint density at radius 2 is 2.00 bits per heavy atom. The number of hydrogen-bond donors (Lipinski definition) is 0. The first kappa shape index (κ1) is 15.7. The molecule has 1 heterocycles. The van der Waals surface area contributed by atoms with E-state index in [-0.39, 0.29) is 11.9 Å². The minimum atomic E-state index is 0.131. The van der Waals surface area contributed by atoms with Crippen LogP contribution in [0.4, 0.5) is 0 Å². The fourth-order valence-corrected chi connectivity index (χ4v) is 3.13. The summed E-state index contributed by atoms with van der Waals surface area (Å²) in [6.07, 6.45) is 1.70. The highest BCUT2D eigenvalue weighted by Gasteiger charge is 2.13. The Bertz CT molecular complexity index is 577. The summed E-state index contributed by atoms with van der Waals surface area (Å²) in [6, 6.07) is 10.6. The minimum Gasteiger partial charge on any atom is -0.340 e. The minimum absolute atomic E-state index is 0.131. The van der Waals surface area contributed by atoms with Crippen molar-refractivity contribution in [2.24, 2.45) is 0 Å². The first-order valence-corrected chi connectivity index (χ1v) is 8.18. The van der Waals surface area contributed by atoms with E-state index in [0.29, 0.717) is 0 Å². The molecule has 0 atom stereocenters. The van der Waals surface area contributed by atoms with Gasteiger partial charge in [0.25, 0.3) is 0 Å². The molecule has 3 nitrogen and oxygen atoms in total. The fraction of sp³-hybridized carbons (Fsp3) is 0.412. The van der Waals surface area contributed by atoms with Crippen LogP contribution in [0.3, 0.4) is 0 Å². The van der Waals surface area contributed by atoms with Crippen LogP contribution in [0.5, 0.6) is 0 Å². The van der Waals surface area contributed by atoms with Crippen molar-refractivity contribution in [2.75, 3.05) is 6.54 Å². The first-order chi connectivity index (χ1) is 10.1. The van der Waals surface area contributed by atoms with Crippen LogP contribution in [0.1, 0.15) is 37.0 Å². The van der Waals surface area contributed by atoms with Gasteiger partial charge in [-0.25, -0.2) is 4.98 Å². The van der Waals surface area contributed by atoms with Crippen molar-refractivity contribution in [1.29, 1.82) is 0 Å². The summed E-state index contributed by atoms with van der Waals surface area (Å²) in [7, 11) is 0. The molecule has 0 aliphatic carbocycles. The number of thiazole rings is 1. The van der Waals surface area contributed by atoms with E-state index < -0.39 is 0 Å². The number of carbonyl (C=O) groups excluding carboxylic acids is 1. The largest absolute Gasteiger partial charge is 0.340 e. The summed E-state index contributed by atoms with van der Waals surface area (Å²) < 4.78 is 0. The standard InChI is InChI=1S/C17H22N2OS/c1-13(2)19(14(3)20)10-9-17-18-16(12-21-17)11-15-7-5-4-6-8-15/h4-8,12-13H,9-11H2,1-3H3. The lowest BCUT2D eigenvalue weighted by molar-refractivity contribution is -0.130. The second-order valence-corrected chi connectivity index (χ2v) is 6.39. The van der Waals surface area contributed by atoms with Crippen LogP contribution >= 0.6 is 11.3 Å². The van der Waals surface area contributed by atoms with Crippen molar-refractivity contribution in [3.63, 3.8) is 0 Å². The molecule has 112 valence electrons. The summed E-state index contributed by atoms with van der Waals surface area (Å²) in [5, 5.41) is 3.23. The van der Waals surface area contributed by atoms with Crippen molar-refractivity contribution in [3.05, 3.63) is 52.0 Å². The maximum atomic E-state index is 11.6. The molecule has 0 spiro atoms. The van der Waals surface area contributed by atoms with E-state index in [1.165, 1.54) is 5.56 Å². The van der Waals surface area contributed by atoms with E-state index in [1.807, 2.05) is 24.8 Å². The van der Waals surface area contributed by atoms with Crippen LogP contribution in [0.25, 0.3) is 0 Å². The Morgan fingerprint density at radius 1 is 1.29 bits per heavy atom. The second kappa shape index (κ2) is 7.36. The summed E-state index contributed by atoms with van der Waals surface area (Å²) >= 11 is 1.69. The van der Waals surface area contributed by atoms with Gasteiger partial charge in [0, 0.05) is 37.7 Å². The lowest BCUT2D eigenvalue weighted by Crippen LogP contribution is -2.36. The SMILES string of the molecule is CC(=O)N(CCc1nc(Cc2ccccc2)cs1)C(C)C. The van der Waals surface area contributed by atoms with Gasteiger partial charge in [0.2, 0.25) is 5.91 Å². The first-order valence-electron chi connectivity index (χ1n) is 7.30. The Morgan fingerprint density at radius 3 is 2.62 bits per heavy atom. The third kappa shape index (κ3) is 4.67. The smallest absolute Gasteiger partial charge is 0.219 e. The van der Waals surface area contributed by atoms with Gasteiger partial charge in [0.1, 0.15) is 0 Å². The molecular weight excluding hydrogens is 280 g/mol. The van der Waals surface area contributed by atoms with Crippen molar-refractivity contribution in [1.82, 2.24) is 9.88 Å². The number of carbonyl (C=O) groups is 1. The lowest BCUT2D eigenvalue weighted by atomic mass is 10.1. The molecular formula is C17H22N2OS. The van der Waals surface area contributed by atoms with E-state index >= 15 is 0 Å². The molecule has 4 heteroatoms. The fourth-order valence-electron chi connectivity index (χ4n) is 2.35. The number of hydrogen-bond acceptors (Lipinski definition) is 3. The normalized spacial score (nSPS) is 10.9. The average molecular weight is 302 g/mol. The van der Waals surface area contributed by atoms with Crippen molar-refractivity contribution < 1.29 is 4.79 Å². The Balaban J connectivity index is 1.93. The van der Waals surface area contributed by atoms with Gasteiger partial charge in [-0.15, -0.1) is 11.3 Å². The third-order valence-electron chi connectivity index (χ3n) is 3.42. The molecule has 1 aromatic carbocycles. The zero-order valence-electron chi connectivity index (χ0n) is 12.9. The molecule has 0 saturated carbocycles. The van der Waals surface area contributed by atoms with Crippen LogP contribution in [0.2, 0.25) is 0 Å². The monoisotopic (exact) mass is 302 g/mol. The highest BCUT2D eigenvalue weighted by molar-refractivity contribution is 7.09. The number of amides is 1. The summed E-state index contributed by atoms with van der Waals surface area (Å²) in [5.74, 6) is 0.131. The highest BCUT2D eigenvalue weighted by atomic mass is 32.1. The van der Waals surface area contributed by atoms with Gasteiger partial charge in [0.15, 0.2) is 0 Å². The molecule has 0 radical (unpaired) electrons. The second-order valence-electron chi connectivity index (χ2n) is 5.45. The molecule has 0 aliphatic heterocycles. The molecule has 0 fully saturated rings.